The zero-order chi connectivity index (χ0) is 32.0. The van der Waals surface area contributed by atoms with Crippen molar-refractivity contribution in [1.29, 1.82) is 0 Å². The van der Waals surface area contributed by atoms with E-state index in [1.54, 1.807) is 39.0 Å². The fourth-order valence-electron chi connectivity index (χ4n) is 4.30. The molecule has 0 unspecified atom stereocenters. The minimum Gasteiger partial charge on any atom is -0.318 e. The van der Waals surface area contributed by atoms with Gasteiger partial charge >= 0.3 is 17.9 Å². The molecule has 45 heavy (non-hydrogen) atoms. The van der Waals surface area contributed by atoms with Crippen LogP contribution in [-0.4, -0.2) is 35.0 Å². The van der Waals surface area contributed by atoms with E-state index in [1.807, 2.05) is 91.0 Å². The molecule has 0 aliphatic rings. The predicted molar refractivity (Wildman–Crippen MR) is 172 cm³/mol. The quantitative estimate of drug-likeness (QED) is 0.108. The Labute approximate surface area is 261 Å². The van der Waals surface area contributed by atoms with Crippen molar-refractivity contribution in [1.82, 2.24) is 0 Å². The number of carbonyl (C=O) groups is 3. The average Bonchev–Trinajstić information content (AvgIpc) is 3.06. The lowest BCUT2D eigenvalue weighted by atomic mass is 10.00. The van der Waals surface area contributed by atoms with Crippen molar-refractivity contribution in [2.75, 3.05) is 0 Å². The lowest BCUT2D eigenvalue weighted by Crippen LogP contribution is -2.11. The fourth-order valence-corrected chi connectivity index (χ4v) is 4.30. The summed E-state index contributed by atoms with van der Waals surface area (Å²) in [5.41, 5.74) is 5.66. The molecule has 0 saturated carbocycles. The first-order valence-electron chi connectivity index (χ1n) is 14.3. The van der Waals surface area contributed by atoms with Crippen molar-refractivity contribution in [3.8, 4) is 0 Å². The molecule has 0 atom stereocenters. The van der Waals surface area contributed by atoms with Crippen LogP contribution in [0.25, 0.3) is 0 Å². The Balaban J connectivity index is 1.47. The second kappa shape index (κ2) is 16.2. The van der Waals surface area contributed by atoms with Gasteiger partial charge in [0.1, 0.15) is 0 Å². The summed E-state index contributed by atoms with van der Waals surface area (Å²) in [4.78, 5) is 53.5. The fraction of sp³-hybridized carbons (Fsp3) is 0.167. The Morgan fingerprint density at radius 3 is 0.933 bits per heavy atom. The zero-order valence-electron chi connectivity index (χ0n) is 25.3. The summed E-state index contributed by atoms with van der Waals surface area (Å²) in [6.07, 6.45) is -0.437. The van der Waals surface area contributed by atoms with Crippen LogP contribution in [0.15, 0.2) is 125 Å². The predicted octanol–water partition coefficient (Wildman–Crippen LogP) is 6.22. The van der Waals surface area contributed by atoms with Gasteiger partial charge in [-0.25, -0.2) is 14.4 Å². The highest BCUT2D eigenvalue weighted by Crippen LogP contribution is 2.16. The summed E-state index contributed by atoms with van der Waals surface area (Å²) in [7, 11) is 0. The van der Waals surface area contributed by atoms with Crippen molar-refractivity contribution < 1.29 is 28.9 Å². The molecule has 0 bridgehead atoms. The van der Waals surface area contributed by atoms with E-state index >= 15 is 0 Å². The number of rotatable bonds is 12. The largest absolute Gasteiger partial charge is 0.339 e. The molecule has 0 aromatic heterocycles. The third-order valence-corrected chi connectivity index (χ3v) is 6.59. The molecule has 228 valence electrons. The van der Waals surface area contributed by atoms with Crippen LogP contribution in [0, 0.1) is 0 Å². The van der Waals surface area contributed by atoms with Crippen molar-refractivity contribution in [3.05, 3.63) is 143 Å². The van der Waals surface area contributed by atoms with Crippen LogP contribution in [0.2, 0.25) is 0 Å². The van der Waals surface area contributed by atoms with E-state index in [-0.39, 0.29) is 19.3 Å². The normalized spacial score (nSPS) is 11.9. The van der Waals surface area contributed by atoms with Crippen molar-refractivity contribution >= 4 is 35.0 Å². The standard InChI is InChI=1S/C36H33N3O6/c1-25(31-13-7-4-8-14-31)37-43-34(40)22-28-19-29(23-35(41)44-38-26(2)32-15-9-5-10-16-32)21-30(20-28)24-36(42)45-39-27(3)33-17-11-6-12-18-33/h4-21H,22-24H2,1-3H3/b37-25-,38-26+,39-27+. The molecule has 9 heteroatoms. The Morgan fingerprint density at radius 2 is 0.689 bits per heavy atom. The number of oxime groups is 3. The van der Waals surface area contributed by atoms with Gasteiger partial charge < -0.3 is 14.5 Å². The molecule has 0 aliphatic heterocycles. The highest BCUT2D eigenvalue weighted by atomic mass is 16.7. The highest BCUT2D eigenvalue weighted by molar-refractivity contribution is 5.99. The topological polar surface area (TPSA) is 116 Å². The number of nitrogens with zero attached hydrogens (tertiary/aromatic N) is 3. The molecule has 0 saturated heterocycles. The Hall–Kier alpha value is -5.70. The molecule has 0 fully saturated rings. The molecule has 0 spiro atoms. The minimum atomic E-state index is -0.607. The van der Waals surface area contributed by atoms with Crippen molar-refractivity contribution in [3.63, 3.8) is 0 Å². The van der Waals surface area contributed by atoms with E-state index in [4.69, 9.17) is 14.5 Å². The van der Waals surface area contributed by atoms with Gasteiger partial charge in [-0.15, -0.1) is 0 Å². The third kappa shape index (κ3) is 10.5. The van der Waals surface area contributed by atoms with Gasteiger partial charge in [0.25, 0.3) is 0 Å². The van der Waals surface area contributed by atoms with Crippen LogP contribution < -0.4 is 0 Å². The molecule has 9 nitrogen and oxygen atoms in total. The third-order valence-electron chi connectivity index (χ3n) is 6.59. The summed E-state index contributed by atoms with van der Waals surface area (Å²) in [6, 6.07) is 33.0. The highest BCUT2D eigenvalue weighted by Gasteiger charge is 2.15. The summed E-state index contributed by atoms with van der Waals surface area (Å²) in [6.45, 7) is 5.22. The SMILES string of the molecule is C/C(=N/OC(=O)Cc1cc(CC(=O)O/N=C(\C)c2ccccc2)cc(CC(=O)O/N=C(\C)c2ccccc2)c1)c1ccccc1. The maximum atomic E-state index is 12.7. The van der Waals surface area contributed by atoms with Gasteiger partial charge in [0.2, 0.25) is 0 Å². The first kappa shape index (κ1) is 32.2. The van der Waals surface area contributed by atoms with Crippen LogP contribution in [0.3, 0.4) is 0 Å². The van der Waals surface area contributed by atoms with E-state index in [2.05, 4.69) is 15.5 Å². The van der Waals surface area contributed by atoms with Gasteiger partial charge in [-0.2, -0.15) is 0 Å². The first-order chi connectivity index (χ1) is 21.8. The summed E-state index contributed by atoms with van der Waals surface area (Å²) in [5, 5.41) is 11.9. The van der Waals surface area contributed by atoms with E-state index in [1.165, 1.54) is 0 Å². The summed E-state index contributed by atoms with van der Waals surface area (Å²) in [5.74, 6) is -1.82. The average molecular weight is 604 g/mol. The van der Waals surface area contributed by atoms with E-state index in [0.29, 0.717) is 33.8 Å². The van der Waals surface area contributed by atoms with Crippen molar-refractivity contribution in [2.45, 2.75) is 40.0 Å². The van der Waals surface area contributed by atoms with E-state index < -0.39 is 17.9 Å². The van der Waals surface area contributed by atoms with Gasteiger partial charge in [-0.3, -0.25) is 0 Å². The first-order valence-corrected chi connectivity index (χ1v) is 14.3. The van der Waals surface area contributed by atoms with Gasteiger partial charge in [-0.05, 0) is 54.2 Å². The Bertz CT molecular complexity index is 1500. The lowest BCUT2D eigenvalue weighted by molar-refractivity contribution is -0.143. The minimum absolute atomic E-state index is 0.146. The lowest BCUT2D eigenvalue weighted by Gasteiger charge is -2.09. The molecule has 0 aliphatic carbocycles. The number of benzene rings is 4. The molecular weight excluding hydrogens is 570 g/mol. The molecular formula is C36H33N3O6. The van der Waals surface area contributed by atoms with Gasteiger partial charge in [0.05, 0.1) is 36.4 Å². The smallest absolute Gasteiger partial charge is 0.318 e. The number of carbonyl (C=O) groups excluding carboxylic acids is 3. The van der Waals surface area contributed by atoms with Gasteiger partial charge in [-0.1, -0.05) is 125 Å². The van der Waals surface area contributed by atoms with Crippen molar-refractivity contribution in [2.24, 2.45) is 15.5 Å². The molecule has 0 N–H and O–H groups in total. The van der Waals surface area contributed by atoms with Gasteiger partial charge in [0.15, 0.2) is 0 Å². The van der Waals surface area contributed by atoms with Crippen LogP contribution in [-0.2, 0) is 48.2 Å². The second-order valence-electron chi connectivity index (χ2n) is 10.2. The molecule has 0 radical (unpaired) electrons. The maximum Gasteiger partial charge on any atom is 0.339 e. The van der Waals surface area contributed by atoms with E-state index in [9.17, 15) is 14.4 Å². The Morgan fingerprint density at radius 1 is 0.444 bits per heavy atom. The van der Waals surface area contributed by atoms with Crippen LogP contribution >= 0.6 is 0 Å². The molecule has 4 rings (SSSR count). The zero-order valence-corrected chi connectivity index (χ0v) is 25.3. The molecule has 0 heterocycles. The van der Waals surface area contributed by atoms with Crippen LogP contribution in [0.5, 0.6) is 0 Å². The second-order valence-corrected chi connectivity index (χ2v) is 10.2. The molecule has 4 aromatic rings. The van der Waals surface area contributed by atoms with Gasteiger partial charge in [0, 0.05) is 0 Å². The summed E-state index contributed by atoms with van der Waals surface area (Å²) < 4.78 is 0. The Kier molecular flexibility index (Phi) is 11.6. The summed E-state index contributed by atoms with van der Waals surface area (Å²) >= 11 is 0. The molecule has 4 aromatic carbocycles. The number of hydrogen-bond acceptors (Lipinski definition) is 9. The maximum absolute atomic E-state index is 12.7. The monoisotopic (exact) mass is 603 g/mol. The van der Waals surface area contributed by atoms with Crippen LogP contribution in [0.4, 0.5) is 0 Å². The molecule has 0 amide bonds. The van der Waals surface area contributed by atoms with Crippen LogP contribution in [0.1, 0.15) is 54.2 Å². The van der Waals surface area contributed by atoms with E-state index in [0.717, 1.165) is 16.7 Å². The number of hydrogen-bond donors (Lipinski definition) is 0.